The number of nitrogens with one attached hydrogen (secondary N) is 1. The van der Waals surface area contributed by atoms with Crippen LogP contribution in [0.25, 0.3) is 10.1 Å². The lowest BCUT2D eigenvalue weighted by Gasteiger charge is -2.14. The van der Waals surface area contributed by atoms with Gasteiger partial charge in [0.1, 0.15) is 0 Å². The van der Waals surface area contributed by atoms with Crippen LogP contribution in [0.3, 0.4) is 0 Å². The van der Waals surface area contributed by atoms with Crippen LogP contribution < -0.4 is 5.32 Å². The Kier molecular flexibility index (Phi) is 3.60. The third-order valence-corrected chi connectivity index (χ3v) is 4.67. The fourth-order valence-electron chi connectivity index (χ4n) is 2.33. The van der Waals surface area contributed by atoms with E-state index < -0.39 is 0 Å². The lowest BCUT2D eigenvalue weighted by Crippen LogP contribution is -2.18. The van der Waals surface area contributed by atoms with E-state index in [1.54, 1.807) is 17.6 Å². The minimum absolute atomic E-state index is 0.171. The number of furan rings is 1. The van der Waals surface area contributed by atoms with Crippen LogP contribution in [0, 0.1) is 0 Å². The van der Waals surface area contributed by atoms with Crippen molar-refractivity contribution in [1.82, 2.24) is 5.32 Å². The predicted molar refractivity (Wildman–Crippen MR) is 81.0 cm³/mol. The van der Waals surface area contributed by atoms with Crippen molar-refractivity contribution in [3.63, 3.8) is 0 Å². The van der Waals surface area contributed by atoms with Gasteiger partial charge in [0.25, 0.3) is 0 Å². The van der Waals surface area contributed by atoms with E-state index in [-0.39, 0.29) is 6.04 Å². The number of fused-ring (bicyclic) bond motifs is 1. The first-order chi connectivity index (χ1) is 9.29. The van der Waals surface area contributed by atoms with Gasteiger partial charge < -0.3 is 9.73 Å². The van der Waals surface area contributed by atoms with Gasteiger partial charge in [-0.15, -0.1) is 11.3 Å². The molecule has 1 aromatic carbocycles. The SMILES string of the molecule is CNC(Cc1csc2ccccc12)c1ccoc1Cl. The fraction of sp³-hybridized carbons (Fsp3) is 0.200. The third kappa shape index (κ3) is 2.41. The molecule has 4 heteroatoms. The predicted octanol–water partition coefficient (Wildman–Crippen LogP) is 4.65. The smallest absolute Gasteiger partial charge is 0.197 e. The molecule has 19 heavy (non-hydrogen) atoms. The Bertz CT molecular complexity index is 688. The van der Waals surface area contributed by atoms with Crippen molar-refractivity contribution < 1.29 is 4.42 Å². The molecule has 1 unspecified atom stereocenters. The molecule has 1 N–H and O–H groups in total. The molecule has 0 saturated heterocycles. The molecule has 0 aliphatic carbocycles. The molecule has 3 aromatic rings. The van der Waals surface area contributed by atoms with Gasteiger partial charge in [-0.2, -0.15) is 0 Å². The second-order valence-electron chi connectivity index (χ2n) is 4.45. The van der Waals surface area contributed by atoms with Crippen LogP contribution >= 0.6 is 22.9 Å². The van der Waals surface area contributed by atoms with Crippen molar-refractivity contribution in [3.05, 3.63) is 58.3 Å². The molecule has 0 saturated carbocycles. The first-order valence-corrected chi connectivity index (χ1v) is 7.40. The Balaban J connectivity index is 1.93. The Morgan fingerprint density at radius 1 is 1.32 bits per heavy atom. The molecule has 0 spiro atoms. The van der Waals surface area contributed by atoms with Gasteiger partial charge in [-0.1, -0.05) is 18.2 Å². The summed E-state index contributed by atoms with van der Waals surface area (Å²) in [6, 6.07) is 10.6. The summed E-state index contributed by atoms with van der Waals surface area (Å²) in [7, 11) is 1.95. The normalized spacial score (nSPS) is 12.9. The lowest BCUT2D eigenvalue weighted by atomic mass is 10.0. The number of benzene rings is 1. The molecule has 98 valence electrons. The second kappa shape index (κ2) is 5.37. The van der Waals surface area contributed by atoms with Crippen LogP contribution in [-0.2, 0) is 6.42 Å². The van der Waals surface area contributed by atoms with Gasteiger partial charge in [0.15, 0.2) is 5.22 Å². The van der Waals surface area contributed by atoms with Crippen molar-refractivity contribution in [1.29, 1.82) is 0 Å². The quantitative estimate of drug-likeness (QED) is 0.757. The maximum atomic E-state index is 6.07. The van der Waals surface area contributed by atoms with Gasteiger partial charge in [-0.05, 0) is 53.5 Å². The zero-order chi connectivity index (χ0) is 13.2. The average molecular weight is 292 g/mol. The largest absolute Gasteiger partial charge is 0.453 e. The highest BCUT2D eigenvalue weighted by Crippen LogP contribution is 2.31. The van der Waals surface area contributed by atoms with E-state index in [2.05, 4.69) is 35.0 Å². The van der Waals surface area contributed by atoms with E-state index in [1.807, 2.05) is 13.1 Å². The standard InChI is InChI=1S/C15H14ClNOS/c1-17-13(12-6-7-18-15(12)16)8-10-9-19-14-5-3-2-4-11(10)14/h2-7,9,13,17H,8H2,1H3. The molecule has 2 heterocycles. The van der Waals surface area contributed by atoms with E-state index in [9.17, 15) is 0 Å². The van der Waals surface area contributed by atoms with Gasteiger partial charge in [-0.25, -0.2) is 0 Å². The van der Waals surface area contributed by atoms with Crippen molar-refractivity contribution in [2.45, 2.75) is 12.5 Å². The number of rotatable bonds is 4. The Morgan fingerprint density at radius 2 is 2.16 bits per heavy atom. The minimum atomic E-state index is 0.171. The van der Waals surface area contributed by atoms with Crippen LogP contribution in [0.2, 0.25) is 5.22 Å². The highest BCUT2D eigenvalue weighted by molar-refractivity contribution is 7.17. The van der Waals surface area contributed by atoms with Gasteiger partial charge in [0.2, 0.25) is 0 Å². The molecule has 1 atom stereocenters. The third-order valence-electron chi connectivity index (χ3n) is 3.36. The van der Waals surface area contributed by atoms with Crippen molar-refractivity contribution in [2.24, 2.45) is 0 Å². The zero-order valence-electron chi connectivity index (χ0n) is 10.5. The highest BCUT2D eigenvalue weighted by atomic mass is 35.5. The Labute approximate surface area is 121 Å². The summed E-state index contributed by atoms with van der Waals surface area (Å²) in [5.74, 6) is 0. The molecule has 0 aliphatic rings. The zero-order valence-corrected chi connectivity index (χ0v) is 12.1. The molecule has 0 fully saturated rings. The summed E-state index contributed by atoms with van der Waals surface area (Å²) in [6.45, 7) is 0. The lowest BCUT2D eigenvalue weighted by molar-refractivity contribution is 0.545. The van der Waals surface area contributed by atoms with Crippen LogP contribution in [0.15, 0.2) is 46.4 Å². The van der Waals surface area contributed by atoms with Crippen molar-refractivity contribution >= 4 is 33.0 Å². The van der Waals surface area contributed by atoms with Gasteiger partial charge in [0.05, 0.1) is 6.26 Å². The van der Waals surface area contributed by atoms with Gasteiger partial charge in [0, 0.05) is 16.3 Å². The first-order valence-electron chi connectivity index (χ1n) is 6.15. The number of thiophene rings is 1. The maximum Gasteiger partial charge on any atom is 0.197 e. The Morgan fingerprint density at radius 3 is 2.89 bits per heavy atom. The summed E-state index contributed by atoms with van der Waals surface area (Å²) < 4.78 is 6.51. The van der Waals surface area contributed by atoms with Crippen LogP contribution in [0.4, 0.5) is 0 Å². The number of hydrogen-bond acceptors (Lipinski definition) is 3. The molecule has 0 amide bonds. The molecular weight excluding hydrogens is 278 g/mol. The number of likely N-dealkylation sites (N-methyl/N-ethyl adjacent to an activating group) is 1. The molecule has 2 aromatic heterocycles. The Hall–Kier alpha value is -1.29. The molecule has 0 radical (unpaired) electrons. The summed E-state index contributed by atoms with van der Waals surface area (Å²) in [5, 5.41) is 7.33. The fourth-order valence-corrected chi connectivity index (χ4v) is 3.55. The van der Waals surface area contributed by atoms with Gasteiger partial charge in [-0.3, -0.25) is 0 Å². The number of hydrogen-bond donors (Lipinski definition) is 1. The van der Waals surface area contributed by atoms with Crippen LogP contribution in [0.1, 0.15) is 17.2 Å². The molecule has 3 rings (SSSR count). The molecule has 2 nitrogen and oxygen atoms in total. The topological polar surface area (TPSA) is 25.2 Å². The van der Waals surface area contributed by atoms with E-state index in [1.165, 1.54) is 15.6 Å². The highest BCUT2D eigenvalue weighted by Gasteiger charge is 2.17. The van der Waals surface area contributed by atoms with E-state index in [0.29, 0.717) is 5.22 Å². The maximum absolute atomic E-state index is 6.07. The van der Waals surface area contributed by atoms with Crippen molar-refractivity contribution in [3.8, 4) is 0 Å². The number of halogens is 1. The molecule has 0 aliphatic heterocycles. The van der Waals surface area contributed by atoms with Crippen LogP contribution in [-0.4, -0.2) is 7.05 Å². The first kappa shape index (κ1) is 12.7. The monoisotopic (exact) mass is 291 g/mol. The summed E-state index contributed by atoms with van der Waals surface area (Å²) in [4.78, 5) is 0. The average Bonchev–Trinajstić information content (AvgIpc) is 3.03. The van der Waals surface area contributed by atoms with Crippen molar-refractivity contribution in [2.75, 3.05) is 7.05 Å². The van der Waals surface area contributed by atoms with E-state index in [4.69, 9.17) is 16.0 Å². The van der Waals surface area contributed by atoms with Crippen LogP contribution in [0.5, 0.6) is 0 Å². The summed E-state index contributed by atoms with van der Waals surface area (Å²) >= 11 is 7.85. The summed E-state index contributed by atoms with van der Waals surface area (Å²) in [6.07, 6.45) is 2.54. The minimum Gasteiger partial charge on any atom is -0.453 e. The second-order valence-corrected chi connectivity index (χ2v) is 5.71. The van der Waals surface area contributed by atoms with E-state index >= 15 is 0 Å². The summed E-state index contributed by atoms with van der Waals surface area (Å²) in [5.41, 5.74) is 2.36. The molecular formula is C15H14ClNOS. The van der Waals surface area contributed by atoms with Gasteiger partial charge >= 0.3 is 0 Å². The molecule has 0 bridgehead atoms. The van der Waals surface area contributed by atoms with E-state index in [0.717, 1.165) is 12.0 Å².